The van der Waals surface area contributed by atoms with Crippen LogP contribution in [0.3, 0.4) is 0 Å². The summed E-state index contributed by atoms with van der Waals surface area (Å²) in [4.78, 5) is 29.1. The number of primary amides is 1. The molecule has 1 aliphatic heterocycles. The lowest BCUT2D eigenvalue weighted by Gasteiger charge is -2.32. The number of amides is 3. The highest BCUT2D eigenvalue weighted by atomic mass is 35.5. The number of hydrogen-bond donors (Lipinski definition) is 1. The second-order valence-electron chi connectivity index (χ2n) is 8.47. The number of rotatable bonds is 4. The van der Waals surface area contributed by atoms with E-state index >= 15 is 0 Å². The lowest BCUT2D eigenvalue weighted by molar-refractivity contribution is 0.0303. The molecule has 1 saturated heterocycles. The van der Waals surface area contributed by atoms with Crippen molar-refractivity contribution in [1.29, 1.82) is 0 Å². The summed E-state index contributed by atoms with van der Waals surface area (Å²) < 4.78 is 11.0. The largest absolute Gasteiger partial charge is 0.496 e. The van der Waals surface area contributed by atoms with E-state index in [0.29, 0.717) is 37.7 Å². The van der Waals surface area contributed by atoms with Crippen molar-refractivity contribution in [3.63, 3.8) is 0 Å². The third-order valence-electron chi connectivity index (χ3n) is 5.29. The number of methoxy groups -OCH3 is 1. The molecule has 2 N–H and O–H groups in total. The van der Waals surface area contributed by atoms with E-state index < -0.39 is 6.03 Å². The molecule has 0 bridgehead atoms. The lowest BCUT2D eigenvalue weighted by atomic mass is 9.84. The molecule has 1 fully saturated rings. The number of urea groups is 1. The number of carbonyl (C=O) groups is 2. The smallest absolute Gasteiger partial charge is 0.323 e. The minimum Gasteiger partial charge on any atom is -0.496 e. The van der Waals surface area contributed by atoms with Gasteiger partial charge in [0.05, 0.1) is 47.3 Å². The first-order valence-corrected chi connectivity index (χ1v) is 10.9. The van der Waals surface area contributed by atoms with Crippen LogP contribution in [0.2, 0.25) is 10.0 Å². The highest BCUT2D eigenvalue weighted by Gasteiger charge is 2.31. The van der Waals surface area contributed by atoms with Gasteiger partial charge in [-0.2, -0.15) is 0 Å². The molecule has 0 aliphatic carbocycles. The van der Waals surface area contributed by atoms with E-state index in [1.54, 1.807) is 42.3 Å². The molecule has 0 aromatic heterocycles. The fraction of sp³-hybridized carbons (Fsp3) is 0.391. The zero-order valence-electron chi connectivity index (χ0n) is 18.6. The highest BCUT2D eigenvalue weighted by Crippen LogP contribution is 2.42. The van der Waals surface area contributed by atoms with Crippen LogP contribution in [0.4, 0.5) is 16.2 Å². The van der Waals surface area contributed by atoms with Gasteiger partial charge in [0.2, 0.25) is 0 Å². The molecule has 0 saturated carbocycles. The van der Waals surface area contributed by atoms with E-state index in [1.165, 1.54) is 4.90 Å². The molecule has 3 rings (SSSR count). The number of ether oxygens (including phenoxy) is 2. The normalized spacial score (nSPS) is 14.2. The van der Waals surface area contributed by atoms with E-state index in [4.69, 9.17) is 38.4 Å². The number of nitrogens with zero attached hydrogens (tertiary/aromatic N) is 2. The van der Waals surface area contributed by atoms with Crippen molar-refractivity contribution >= 4 is 46.5 Å². The molecule has 3 amide bonds. The first-order valence-electron chi connectivity index (χ1n) is 10.2. The molecule has 7 nitrogen and oxygen atoms in total. The Morgan fingerprint density at radius 2 is 1.78 bits per heavy atom. The maximum Gasteiger partial charge on any atom is 0.323 e. The lowest BCUT2D eigenvalue weighted by Crippen LogP contribution is -2.42. The molecule has 1 heterocycles. The molecular formula is C23H27Cl2N3O4. The van der Waals surface area contributed by atoms with Crippen molar-refractivity contribution in [2.75, 3.05) is 38.3 Å². The second kappa shape index (κ2) is 9.57. The van der Waals surface area contributed by atoms with Gasteiger partial charge >= 0.3 is 6.03 Å². The van der Waals surface area contributed by atoms with Crippen molar-refractivity contribution in [2.24, 2.45) is 5.73 Å². The number of benzene rings is 2. The number of carbonyl (C=O) groups excluding carboxylic acids is 2. The first kappa shape index (κ1) is 24.2. The molecule has 0 radical (unpaired) electrons. The average molecular weight is 480 g/mol. The third kappa shape index (κ3) is 4.80. The molecule has 0 unspecified atom stereocenters. The maximum absolute atomic E-state index is 13.5. The van der Waals surface area contributed by atoms with Crippen molar-refractivity contribution < 1.29 is 19.1 Å². The monoisotopic (exact) mass is 479 g/mol. The zero-order chi connectivity index (χ0) is 23.6. The molecule has 2 aromatic carbocycles. The predicted octanol–water partition coefficient (Wildman–Crippen LogP) is 4.99. The predicted molar refractivity (Wildman–Crippen MR) is 127 cm³/mol. The van der Waals surface area contributed by atoms with E-state index in [0.717, 1.165) is 5.56 Å². The van der Waals surface area contributed by atoms with Gasteiger partial charge in [-0.15, -0.1) is 0 Å². The summed E-state index contributed by atoms with van der Waals surface area (Å²) in [5.74, 6) is 0.283. The van der Waals surface area contributed by atoms with Crippen LogP contribution < -0.4 is 15.4 Å². The van der Waals surface area contributed by atoms with E-state index in [-0.39, 0.29) is 32.6 Å². The van der Waals surface area contributed by atoms with Gasteiger partial charge in [-0.25, -0.2) is 4.79 Å². The van der Waals surface area contributed by atoms with E-state index in [2.05, 4.69) is 0 Å². The molecule has 172 valence electrons. The van der Waals surface area contributed by atoms with Crippen LogP contribution in [-0.4, -0.2) is 50.3 Å². The first-order chi connectivity index (χ1) is 15.1. The molecule has 32 heavy (non-hydrogen) atoms. The van der Waals surface area contributed by atoms with E-state index in [9.17, 15) is 9.59 Å². The van der Waals surface area contributed by atoms with Gasteiger partial charge < -0.3 is 20.1 Å². The summed E-state index contributed by atoms with van der Waals surface area (Å²) in [6.45, 7) is 7.80. The number of anilines is 2. The summed E-state index contributed by atoms with van der Waals surface area (Å²) in [7, 11) is 1.55. The van der Waals surface area contributed by atoms with Crippen molar-refractivity contribution in [1.82, 2.24) is 4.90 Å². The van der Waals surface area contributed by atoms with Crippen LogP contribution in [0.25, 0.3) is 0 Å². The van der Waals surface area contributed by atoms with E-state index in [1.807, 2.05) is 20.8 Å². The summed E-state index contributed by atoms with van der Waals surface area (Å²) in [6, 6.07) is 7.52. The van der Waals surface area contributed by atoms with Crippen LogP contribution in [-0.2, 0) is 10.2 Å². The zero-order valence-corrected chi connectivity index (χ0v) is 20.1. The van der Waals surface area contributed by atoms with Gasteiger partial charge in [0.1, 0.15) is 5.75 Å². The van der Waals surface area contributed by atoms with Crippen LogP contribution >= 0.6 is 23.2 Å². The Morgan fingerprint density at radius 1 is 1.12 bits per heavy atom. The number of nitrogens with two attached hydrogens (primary N) is 1. The fourth-order valence-corrected chi connectivity index (χ4v) is 4.03. The van der Waals surface area contributed by atoms with Crippen molar-refractivity contribution in [3.8, 4) is 5.75 Å². The second-order valence-corrected chi connectivity index (χ2v) is 9.26. The minimum atomic E-state index is -0.796. The molecule has 1 aliphatic rings. The number of hydrogen-bond acceptors (Lipinski definition) is 4. The Bertz CT molecular complexity index is 1030. The average Bonchev–Trinajstić information content (AvgIpc) is 2.75. The van der Waals surface area contributed by atoms with Gasteiger partial charge in [-0.3, -0.25) is 9.69 Å². The van der Waals surface area contributed by atoms with Gasteiger partial charge in [0.15, 0.2) is 0 Å². The Labute approximate surface area is 198 Å². The molecule has 2 aromatic rings. The molecule has 9 heteroatoms. The number of morpholine rings is 1. The maximum atomic E-state index is 13.5. The summed E-state index contributed by atoms with van der Waals surface area (Å²) in [5, 5.41) is 0.423. The minimum absolute atomic E-state index is 0.158. The van der Waals surface area contributed by atoms with Crippen LogP contribution in [0, 0.1) is 0 Å². The van der Waals surface area contributed by atoms with Crippen LogP contribution in [0.15, 0.2) is 30.3 Å². The Morgan fingerprint density at radius 3 is 2.34 bits per heavy atom. The summed E-state index contributed by atoms with van der Waals surface area (Å²) >= 11 is 12.6. The van der Waals surface area contributed by atoms with Gasteiger partial charge in [0, 0.05) is 18.7 Å². The summed E-state index contributed by atoms with van der Waals surface area (Å²) in [5.41, 5.74) is 7.13. The van der Waals surface area contributed by atoms with Gasteiger partial charge in [-0.1, -0.05) is 50.0 Å². The summed E-state index contributed by atoms with van der Waals surface area (Å²) in [6.07, 6.45) is 0. The molecule has 0 atom stereocenters. The Hall–Kier alpha value is -2.48. The number of halogens is 2. The fourth-order valence-electron chi connectivity index (χ4n) is 3.65. The van der Waals surface area contributed by atoms with Crippen molar-refractivity contribution in [3.05, 3.63) is 51.5 Å². The van der Waals surface area contributed by atoms with Gasteiger partial charge in [0.25, 0.3) is 5.91 Å². The Kier molecular flexibility index (Phi) is 7.22. The molecule has 0 spiro atoms. The quantitative estimate of drug-likeness (QED) is 0.669. The third-order valence-corrected chi connectivity index (χ3v) is 6.10. The highest BCUT2D eigenvalue weighted by molar-refractivity contribution is 6.44. The SMILES string of the molecule is COc1cc(C(=O)N2CCOCC2)c(N(C(N)=O)c2cccc(Cl)c2Cl)cc1C(C)(C)C. The van der Waals surface area contributed by atoms with Crippen LogP contribution in [0.5, 0.6) is 5.75 Å². The van der Waals surface area contributed by atoms with Crippen molar-refractivity contribution in [2.45, 2.75) is 26.2 Å². The van der Waals surface area contributed by atoms with Crippen LogP contribution in [0.1, 0.15) is 36.7 Å². The van der Waals surface area contributed by atoms with Gasteiger partial charge in [-0.05, 0) is 29.7 Å². The standard InChI is InChI=1S/C23H27Cl2N3O4/c1-23(2,3)15-13-18(28(22(26)30)17-7-5-6-16(24)20(17)25)14(12-19(15)31-4)21(29)27-8-10-32-11-9-27/h5-7,12-13H,8-11H2,1-4H3,(H2,26,30). The Balaban J connectivity index is 2.29. The topological polar surface area (TPSA) is 85.1 Å². The molecular weight excluding hydrogens is 453 g/mol.